The van der Waals surface area contributed by atoms with Crippen LogP contribution in [0.1, 0.15) is 40.5 Å². The first-order valence-electron chi connectivity index (χ1n) is 10.5. The molecule has 4 aromatic rings. The zero-order valence-electron chi connectivity index (χ0n) is 17.6. The van der Waals surface area contributed by atoms with Gasteiger partial charge in [-0.15, -0.1) is 21.5 Å². The third-order valence-corrected chi connectivity index (χ3v) is 6.77. The minimum Gasteiger partial charge on any atom is -0.368 e. The lowest BCUT2D eigenvalue weighted by molar-refractivity contribution is 0.0942. The number of aromatic amines is 1. The monoisotopic (exact) mass is 464 g/mol. The smallest absolute Gasteiger partial charge is 0.287 e. The van der Waals surface area contributed by atoms with E-state index in [2.05, 4.69) is 40.8 Å². The number of H-pyrrole nitrogens is 1. The maximum atomic E-state index is 14.3. The average molecular weight is 465 g/mol. The van der Waals surface area contributed by atoms with E-state index in [0.717, 1.165) is 24.1 Å². The molecular formula is C22H21FN8OS. The van der Waals surface area contributed by atoms with Gasteiger partial charge in [0.2, 0.25) is 0 Å². The first kappa shape index (κ1) is 21.1. The first-order valence-corrected chi connectivity index (χ1v) is 11.4. The zero-order chi connectivity index (χ0) is 22.7. The molecule has 1 saturated carbocycles. The predicted octanol–water partition coefficient (Wildman–Crippen LogP) is 3.32. The van der Waals surface area contributed by atoms with E-state index in [9.17, 15) is 9.18 Å². The minimum absolute atomic E-state index is 0.264. The summed E-state index contributed by atoms with van der Waals surface area (Å²) in [5.74, 6) is 0.340. The summed E-state index contributed by atoms with van der Waals surface area (Å²) in [5, 5.41) is 15.3. The van der Waals surface area contributed by atoms with Gasteiger partial charge in [-0.2, -0.15) is 0 Å². The highest BCUT2D eigenvalue weighted by Gasteiger charge is 2.41. The molecule has 168 valence electrons. The summed E-state index contributed by atoms with van der Waals surface area (Å²) >= 11 is 1.43. The molecule has 0 unspecified atom stereocenters. The van der Waals surface area contributed by atoms with Crippen molar-refractivity contribution >= 4 is 23.1 Å². The highest BCUT2D eigenvalue weighted by atomic mass is 32.1. The average Bonchev–Trinajstić information content (AvgIpc) is 3.51. The topological polar surface area (TPSA) is 121 Å². The number of halogens is 1. The molecule has 0 atom stereocenters. The molecular weight excluding hydrogens is 443 g/mol. The van der Waals surface area contributed by atoms with Crippen LogP contribution in [0.5, 0.6) is 0 Å². The third kappa shape index (κ3) is 4.44. The largest absolute Gasteiger partial charge is 0.368 e. The van der Waals surface area contributed by atoms with Gasteiger partial charge in [0.15, 0.2) is 5.82 Å². The minimum atomic E-state index is -0.310. The lowest BCUT2D eigenvalue weighted by atomic mass is 9.66. The van der Waals surface area contributed by atoms with Crippen molar-refractivity contribution in [3.8, 4) is 10.7 Å². The van der Waals surface area contributed by atoms with E-state index in [4.69, 9.17) is 0 Å². The van der Waals surface area contributed by atoms with E-state index in [-0.39, 0.29) is 23.0 Å². The molecule has 11 heteroatoms. The van der Waals surface area contributed by atoms with Gasteiger partial charge in [-0.05, 0) is 37.1 Å². The summed E-state index contributed by atoms with van der Waals surface area (Å²) in [6.07, 6.45) is 9.29. The molecule has 1 aliphatic carbocycles. The normalized spacial score (nSPS) is 14.5. The molecule has 1 amide bonds. The van der Waals surface area contributed by atoms with E-state index in [0.29, 0.717) is 35.3 Å². The Kier molecular flexibility index (Phi) is 5.78. The number of hydrogen-bond acceptors (Lipinski definition) is 8. The van der Waals surface area contributed by atoms with Crippen molar-refractivity contribution in [3.05, 3.63) is 71.3 Å². The zero-order valence-corrected chi connectivity index (χ0v) is 18.4. The van der Waals surface area contributed by atoms with Crippen molar-refractivity contribution < 1.29 is 9.18 Å². The van der Waals surface area contributed by atoms with Crippen molar-refractivity contribution in [2.45, 2.75) is 31.2 Å². The fourth-order valence-electron chi connectivity index (χ4n) is 3.83. The number of rotatable bonds is 8. The first-order chi connectivity index (χ1) is 16.1. The number of carbonyl (C=O) groups is 1. The number of anilines is 1. The van der Waals surface area contributed by atoms with Crippen molar-refractivity contribution in [2.24, 2.45) is 0 Å². The van der Waals surface area contributed by atoms with Gasteiger partial charge < -0.3 is 15.6 Å². The molecule has 3 N–H and O–H groups in total. The summed E-state index contributed by atoms with van der Waals surface area (Å²) in [6.45, 7) is 0.891. The molecule has 0 saturated heterocycles. The molecule has 33 heavy (non-hydrogen) atoms. The van der Waals surface area contributed by atoms with Gasteiger partial charge in [0, 0.05) is 41.6 Å². The summed E-state index contributed by atoms with van der Waals surface area (Å²) in [5.41, 5.74) is 0.849. The van der Waals surface area contributed by atoms with Gasteiger partial charge in [0.1, 0.15) is 22.3 Å². The molecule has 1 fully saturated rings. The van der Waals surface area contributed by atoms with Crippen molar-refractivity contribution in [1.29, 1.82) is 0 Å². The second kappa shape index (κ2) is 9.02. The van der Waals surface area contributed by atoms with E-state index < -0.39 is 0 Å². The van der Waals surface area contributed by atoms with E-state index >= 15 is 0 Å². The Morgan fingerprint density at radius 2 is 2.06 bits per heavy atom. The van der Waals surface area contributed by atoms with Crippen molar-refractivity contribution in [2.75, 3.05) is 11.9 Å². The molecule has 0 bridgehead atoms. The van der Waals surface area contributed by atoms with Crippen LogP contribution < -0.4 is 10.6 Å². The lowest BCUT2D eigenvalue weighted by Crippen LogP contribution is -2.42. The molecule has 5 rings (SSSR count). The SMILES string of the molecule is O=C(NCc1cnc(-c2ccc(NCC3(c4ncccc4F)CCC3)nn2)s1)c1ncc[nH]1. The molecule has 0 aliphatic heterocycles. The lowest BCUT2D eigenvalue weighted by Gasteiger charge is -2.41. The second-order valence-corrected chi connectivity index (χ2v) is 8.99. The van der Waals surface area contributed by atoms with E-state index in [1.807, 2.05) is 12.1 Å². The molecule has 1 aliphatic rings. The molecule has 0 aromatic carbocycles. The number of imidazole rings is 1. The number of hydrogen-bond donors (Lipinski definition) is 3. The fourth-order valence-corrected chi connectivity index (χ4v) is 4.64. The number of thiazole rings is 1. The summed E-state index contributed by atoms with van der Waals surface area (Å²) in [6, 6.07) is 6.75. The molecule has 0 spiro atoms. The highest BCUT2D eigenvalue weighted by molar-refractivity contribution is 7.15. The number of amides is 1. The van der Waals surface area contributed by atoms with Crippen LogP contribution >= 0.6 is 11.3 Å². The van der Waals surface area contributed by atoms with Gasteiger partial charge in [-0.25, -0.2) is 14.4 Å². The Bertz CT molecular complexity index is 1240. The summed E-state index contributed by atoms with van der Waals surface area (Å²) < 4.78 is 14.3. The fraction of sp³-hybridized carbons (Fsp3) is 0.273. The van der Waals surface area contributed by atoms with Crippen LogP contribution in [0.15, 0.2) is 49.1 Å². The van der Waals surface area contributed by atoms with Crippen molar-refractivity contribution in [3.63, 3.8) is 0 Å². The standard InChI is InChI=1S/C22H21FN8OS/c23-15-3-1-8-24-18(15)22(6-2-7-22)13-29-17-5-4-16(30-31-17)21-28-12-14(33-21)11-27-20(32)19-25-9-10-26-19/h1,3-5,8-10,12H,2,6-7,11,13H2,(H,25,26)(H,27,32)(H,29,31). The number of carbonyl (C=O) groups excluding carboxylic acids is 1. The van der Waals surface area contributed by atoms with Gasteiger partial charge in [0.05, 0.1) is 12.2 Å². The van der Waals surface area contributed by atoms with Gasteiger partial charge in [-0.1, -0.05) is 6.42 Å². The van der Waals surface area contributed by atoms with Crippen LogP contribution in [0.3, 0.4) is 0 Å². The number of pyridine rings is 1. The van der Waals surface area contributed by atoms with E-state index in [1.165, 1.54) is 23.6 Å². The highest BCUT2D eigenvalue weighted by Crippen LogP contribution is 2.43. The van der Waals surface area contributed by atoms with Crippen LogP contribution in [0.25, 0.3) is 10.7 Å². The molecule has 9 nitrogen and oxygen atoms in total. The number of aromatic nitrogens is 6. The van der Waals surface area contributed by atoms with Gasteiger partial charge in [0.25, 0.3) is 5.91 Å². The van der Waals surface area contributed by atoms with Crippen LogP contribution in [-0.2, 0) is 12.0 Å². The van der Waals surface area contributed by atoms with Crippen LogP contribution in [0.2, 0.25) is 0 Å². The van der Waals surface area contributed by atoms with Crippen molar-refractivity contribution in [1.82, 2.24) is 35.5 Å². The molecule has 4 heterocycles. The second-order valence-electron chi connectivity index (χ2n) is 7.88. The summed E-state index contributed by atoms with van der Waals surface area (Å²) in [4.78, 5) is 28.2. The van der Waals surface area contributed by atoms with Gasteiger partial charge >= 0.3 is 0 Å². The Morgan fingerprint density at radius 1 is 1.15 bits per heavy atom. The van der Waals surface area contributed by atoms with Crippen LogP contribution in [0.4, 0.5) is 10.2 Å². The third-order valence-electron chi connectivity index (χ3n) is 5.75. The van der Waals surface area contributed by atoms with Crippen LogP contribution in [0, 0.1) is 5.82 Å². The Morgan fingerprint density at radius 3 is 2.76 bits per heavy atom. The summed E-state index contributed by atoms with van der Waals surface area (Å²) in [7, 11) is 0. The Hall–Kier alpha value is -3.73. The number of nitrogens with zero attached hydrogens (tertiary/aromatic N) is 5. The quantitative estimate of drug-likeness (QED) is 0.366. The number of nitrogens with one attached hydrogen (secondary N) is 3. The predicted molar refractivity (Wildman–Crippen MR) is 121 cm³/mol. The van der Waals surface area contributed by atoms with E-state index in [1.54, 1.807) is 24.7 Å². The Labute approximate surface area is 192 Å². The van der Waals surface area contributed by atoms with Crippen LogP contribution in [-0.4, -0.2) is 42.6 Å². The molecule has 4 aromatic heterocycles. The maximum absolute atomic E-state index is 14.3. The molecule has 0 radical (unpaired) electrons. The van der Waals surface area contributed by atoms with Gasteiger partial charge in [-0.3, -0.25) is 9.78 Å². The Balaban J connectivity index is 1.20. The maximum Gasteiger partial charge on any atom is 0.287 e.